The number of benzene rings is 1. The molecule has 1 aliphatic heterocycles. The number of piperidine rings is 1. The molecule has 1 unspecified atom stereocenters. The van der Waals surface area contributed by atoms with Crippen molar-refractivity contribution in [3.05, 3.63) is 17.6 Å². The SMILES string of the molecule is NC1CCCN(c2c([O])ccc3ncsc23)C1. The van der Waals surface area contributed by atoms with Gasteiger partial charge < -0.3 is 10.6 Å². The maximum absolute atomic E-state index is 12.0. The van der Waals surface area contributed by atoms with E-state index in [2.05, 4.69) is 9.88 Å². The summed E-state index contributed by atoms with van der Waals surface area (Å²) in [6.45, 7) is 1.69. The van der Waals surface area contributed by atoms with E-state index in [1.54, 1.807) is 17.6 Å². The molecule has 0 amide bonds. The molecule has 0 bridgehead atoms. The highest BCUT2D eigenvalue weighted by molar-refractivity contribution is 7.17. The molecule has 0 aliphatic carbocycles. The second-order valence-electron chi connectivity index (χ2n) is 4.46. The second-order valence-corrected chi connectivity index (χ2v) is 5.32. The summed E-state index contributed by atoms with van der Waals surface area (Å²) in [7, 11) is 0. The van der Waals surface area contributed by atoms with Gasteiger partial charge in [0.2, 0.25) is 5.75 Å². The minimum Gasteiger partial charge on any atom is -0.366 e. The average Bonchev–Trinajstić information content (AvgIpc) is 2.76. The fourth-order valence-electron chi connectivity index (χ4n) is 2.41. The Morgan fingerprint density at radius 1 is 1.47 bits per heavy atom. The summed E-state index contributed by atoms with van der Waals surface area (Å²) in [5.41, 5.74) is 9.46. The number of fused-ring (bicyclic) bond motifs is 1. The van der Waals surface area contributed by atoms with Crippen molar-refractivity contribution < 1.29 is 5.11 Å². The van der Waals surface area contributed by atoms with Gasteiger partial charge in [-0.05, 0) is 25.0 Å². The van der Waals surface area contributed by atoms with Gasteiger partial charge in [0.1, 0.15) is 5.69 Å². The Hall–Kier alpha value is -1.33. The molecule has 0 spiro atoms. The van der Waals surface area contributed by atoms with Crippen molar-refractivity contribution in [1.29, 1.82) is 0 Å². The van der Waals surface area contributed by atoms with Crippen molar-refractivity contribution in [1.82, 2.24) is 4.98 Å². The lowest BCUT2D eigenvalue weighted by Gasteiger charge is -2.32. The molecule has 0 saturated carbocycles. The minimum atomic E-state index is 0.0795. The highest BCUT2D eigenvalue weighted by Gasteiger charge is 2.22. The fourth-order valence-corrected chi connectivity index (χ4v) is 3.26. The normalized spacial score (nSPS) is 21.0. The number of aromatic nitrogens is 1. The second kappa shape index (κ2) is 4.16. The van der Waals surface area contributed by atoms with Gasteiger partial charge in [0.15, 0.2) is 0 Å². The van der Waals surface area contributed by atoms with Crippen LogP contribution in [0.15, 0.2) is 17.6 Å². The zero-order valence-electron chi connectivity index (χ0n) is 9.43. The largest absolute Gasteiger partial charge is 0.366 e. The molecule has 1 saturated heterocycles. The molecule has 1 aromatic heterocycles. The molecule has 2 N–H and O–H groups in total. The quantitative estimate of drug-likeness (QED) is 0.842. The van der Waals surface area contributed by atoms with Crippen molar-refractivity contribution in [2.75, 3.05) is 18.0 Å². The molecular weight excluding hydrogens is 234 g/mol. The summed E-state index contributed by atoms with van der Waals surface area (Å²) in [6.07, 6.45) is 2.10. The van der Waals surface area contributed by atoms with Crippen molar-refractivity contribution in [3.8, 4) is 5.75 Å². The molecule has 2 heterocycles. The van der Waals surface area contributed by atoms with Crippen molar-refractivity contribution >= 4 is 27.2 Å². The summed E-state index contributed by atoms with van der Waals surface area (Å²) in [5, 5.41) is 12.0. The first kappa shape index (κ1) is 10.8. The third-order valence-corrected chi connectivity index (χ3v) is 4.06. The highest BCUT2D eigenvalue weighted by Crippen LogP contribution is 2.38. The van der Waals surface area contributed by atoms with E-state index in [0.717, 1.165) is 41.8 Å². The Morgan fingerprint density at radius 3 is 3.18 bits per heavy atom. The Morgan fingerprint density at radius 2 is 2.35 bits per heavy atom. The first-order valence-electron chi connectivity index (χ1n) is 5.79. The Balaban J connectivity index is 2.08. The number of anilines is 1. The Kier molecular flexibility index (Phi) is 2.64. The molecule has 1 atom stereocenters. The van der Waals surface area contributed by atoms with Crippen LogP contribution in [0.5, 0.6) is 5.75 Å². The van der Waals surface area contributed by atoms with E-state index >= 15 is 0 Å². The Bertz CT molecular complexity index is 540. The van der Waals surface area contributed by atoms with Gasteiger partial charge in [-0.3, -0.25) is 5.11 Å². The summed E-state index contributed by atoms with van der Waals surface area (Å²) >= 11 is 1.53. The Labute approximate surface area is 104 Å². The molecule has 89 valence electrons. The minimum absolute atomic E-state index is 0.0795. The van der Waals surface area contributed by atoms with Crippen LogP contribution in [0.4, 0.5) is 5.69 Å². The predicted octanol–water partition coefficient (Wildman–Crippen LogP) is 2.37. The summed E-state index contributed by atoms with van der Waals surface area (Å²) in [4.78, 5) is 6.38. The predicted molar refractivity (Wildman–Crippen MR) is 69.2 cm³/mol. The lowest BCUT2D eigenvalue weighted by Crippen LogP contribution is -2.42. The van der Waals surface area contributed by atoms with Crippen LogP contribution < -0.4 is 10.6 Å². The highest BCUT2D eigenvalue weighted by atomic mass is 32.1. The lowest BCUT2D eigenvalue weighted by atomic mass is 10.1. The third kappa shape index (κ3) is 1.85. The molecular formula is C12H14N3OS. The number of rotatable bonds is 1. The maximum atomic E-state index is 12.0. The molecule has 5 heteroatoms. The van der Waals surface area contributed by atoms with E-state index in [-0.39, 0.29) is 11.8 Å². The first-order chi connectivity index (χ1) is 8.25. The molecule has 3 rings (SSSR count). The molecule has 1 radical (unpaired) electrons. The van der Waals surface area contributed by atoms with Crippen LogP contribution in [0, 0.1) is 0 Å². The number of nitrogens with zero attached hydrogens (tertiary/aromatic N) is 2. The van der Waals surface area contributed by atoms with Gasteiger partial charge >= 0.3 is 0 Å². The van der Waals surface area contributed by atoms with Gasteiger partial charge in [0.25, 0.3) is 0 Å². The number of hydrogen-bond donors (Lipinski definition) is 1. The molecule has 17 heavy (non-hydrogen) atoms. The fraction of sp³-hybridized carbons (Fsp3) is 0.417. The average molecular weight is 248 g/mol. The summed E-state index contributed by atoms with van der Waals surface area (Å²) in [6, 6.07) is 3.57. The van der Waals surface area contributed by atoms with Gasteiger partial charge in [0, 0.05) is 19.1 Å². The van der Waals surface area contributed by atoms with Crippen molar-refractivity contribution in [3.63, 3.8) is 0 Å². The molecule has 1 aromatic carbocycles. The van der Waals surface area contributed by atoms with Crippen molar-refractivity contribution in [2.45, 2.75) is 18.9 Å². The van der Waals surface area contributed by atoms with Crippen LogP contribution in [-0.2, 0) is 5.11 Å². The molecule has 4 nitrogen and oxygen atoms in total. The topological polar surface area (TPSA) is 62.0 Å². The lowest BCUT2D eigenvalue weighted by molar-refractivity contribution is 0.354. The van der Waals surface area contributed by atoms with Crippen LogP contribution >= 0.6 is 11.3 Å². The van der Waals surface area contributed by atoms with E-state index in [1.165, 1.54) is 11.3 Å². The van der Waals surface area contributed by atoms with Gasteiger partial charge in [-0.2, -0.15) is 0 Å². The number of thiazole rings is 1. The molecule has 1 aliphatic rings. The van der Waals surface area contributed by atoms with E-state index in [1.807, 2.05) is 0 Å². The van der Waals surface area contributed by atoms with E-state index in [9.17, 15) is 5.11 Å². The van der Waals surface area contributed by atoms with E-state index in [0.29, 0.717) is 0 Å². The zero-order valence-corrected chi connectivity index (χ0v) is 10.2. The number of nitrogens with two attached hydrogens (primary N) is 1. The van der Waals surface area contributed by atoms with Gasteiger partial charge in [-0.15, -0.1) is 11.3 Å². The zero-order chi connectivity index (χ0) is 11.8. The van der Waals surface area contributed by atoms with Crippen LogP contribution in [0.25, 0.3) is 10.2 Å². The smallest absolute Gasteiger partial charge is 0.203 e. The molecule has 1 fully saturated rings. The number of hydrogen-bond acceptors (Lipinski definition) is 4. The third-order valence-electron chi connectivity index (χ3n) is 3.21. The van der Waals surface area contributed by atoms with Crippen LogP contribution in [-0.4, -0.2) is 24.1 Å². The van der Waals surface area contributed by atoms with Gasteiger partial charge in [-0.25, -0.2) is 4.98 Å². The van der Waals surface area contributed by atoms with Gasteiger partial charge in [0.05, 0.1) is 15.7 Å². The monoisotopic (exact) mass is 248 g/mol. The molecule has 2 aromatic rings. The van der Waals surface area contributed by atoms with E-state index in [4.69, 9.17) is 5.73 Å². The van der Waals surface area contributed by atoms with Gasteiger partial charge in [-0.1, -0.05) is 0 Å². The summed E-state index contributed by atoms with van der Waals surface area (Å²) < 4.78 is 0.992. The maximum Gasteiger partial charge on any atom is 0.203 e. The summed E-state index contributed by atoms with van der Waals surface area (Å²) in [5.74, 6) is 0.0795. The van der Waals surface area contributed by atoms with Crippen molar-refractivity contribution in [2.24, 2.45) is 5.73 Å². The van der Waals surface area contributed by atoms with E-state index < -0.39 is 0 Å². The standard InChI is InChI=1S/C12H14N3OS/c13-8-2-1-5-15(6-8)11-10(16)4-3-9-12(11)17-7-14-9/h3-4,7-8H,1-2,5-6,13H2. The van der Waals surface area contributed by atoms with Crippen LogP contribution in [0.3, 0.4) is 0 Å². The van der Waals surface area contributed by atoms with Crippen LogP contribution in [0.2, 0.25) is 0 Å². The first-order valence-corrected chi connectivity index (χ1v) is 6.67. The van der Waals surface area contributed by atoms with Crippen LogP contribution in [0.1, 0.15) is 12.8 Å².